The zero-order valence-corrected chi connectivity index (χ0v) is 12.6. The molecule has 1 N–H and O–H groups in total. The number of rotatable bonds is 7. The lowest BCUT2D eigenvalue weighted by molar-refractivity contribution is 0.321. The Labute approximate surface area is 115 Å². The molecule has 0 radical (unpaired) electrons. The van der Waals surface area contributed by atoms with Gasteiger partial charge in [0, 0.05) is 17.5 Å². The number of thiazole rings is 1. The molecule has 0 spiro atoms. The van der Waals surface area contributed by atoms with Crippen molar-refractivity contribution in [2.24, 2.45) is 11.8 Å². The summed E-state index contributed by atoms with van der Waals surface area (Å²) in [6, 6.07) is 0. The van der Waals surface area contributed by atoms with Crippen molar-refractivity contribution in [2.75, 3.05) is 13.1 Å². The van der Waals surface area contributed by atoms with Crippen LogP contribution in [0, 0.1) is 18.8 Å². The summed E-state index contributed by atoms with van der Waals surface area (Å²) in [7, 11) is 0. The Kier molecular flexibility index (Phi) is 5.64. The summed E-state index contributed by atoms with van der Waals surface area (Å²) in [6.45, 7) is 6.67. The maximum atomic E-state index is 4.64. The number of hydrogen-bond acceptors (Lipinski definition) is 3. The molecule has 1 aromatic heterocycles. The van der Waals surface area contributed by atoms with Gasteiger partial charge in [-0.2, -0.15) is 0 Å². The summed E-state index contributed by atoms with van der Waals surface area (Å²) >= 11 is 1.84. The lowest BCUT2D eigenvalue weighted by Crippen LogP contribution is -2.29. The van der Waals surface area contributed by atoms with Gasteiger partial charge >= 0.3 is 0 Å². The number of aryl methyl sites for hydroxylation is 1. The van der Waals surface area contributed by atoms with Gasteiger partial charge in [0.2, 0.25) is 0 Å². The molecule has 1 atom stereocenters. The zero-order valence-electron chi connectivity index (χ0n) is 11.7. The summed E-state index contributed by atoms with van der Waals surface area (Å²) < 4.78 is 0. The summed E-state index contributed by atoms with van der Waals surface area (Å²) in [6.07, 6.45) is 8.15. The molecule has 1 heterocycles. The highest BCUT2D eigenvalue weighted by molar-refractivity contribution is 7.09. The van der Waals surface area contributed by atoms with Crippen molar-refractivity contribution in [1.82, 2.24) is 10.3 Å². The van der Waals surface area contributed by atoms with E-state index in [0.717, 1.165) is 18.4 Å². The molecule has 0 amide bonds. The third kappa shape index (κ3) is 4.06. The highest BCUT2D eigenvalue weighted by atomic mass is 32.1. The van der Waals surface area contributed by atoms with Gasteiger partial charge in [-0.15, -0.1) is 11.3 Å². The fourth-order valence-electron chi connectivity index (χ4n) is 3.02. The standard InChI is InChI=1S/C15H26N2S/c1-3-8-16-10-14(13-6-4-5-7-13)9-15-17-12(2)11-18-15/h11,13-14,16H,3-10H2,1-2H3. The smallest absolute Gasteiger partial charge is 0.0931 e. The maximum absolute atomic E-state index is 4.64. The minimum atomic E-state index is 0.796. The molecule has 1 aliphatic rings. The molecule has 1 saturated carbocycles. The molecule has 0 saturated heterocycles. The second-order valence-electron chi connectivity index (χ2n) is 5.60. The maximum Gasteiger partial charge on any atom is 0.0931 e. The van der Waals surface area contributed by atoms with Crippen molar-refractivity contribution in [2.45, 2.75) is 52.4 Å². The van der Waals surface area contributed by atoms with Gasteiger partial charge in [0.1, 0.15) is 0 Å². The second kappa shape index (κ2) is 7.25. The van der Waals surface area contributed by atoms with E-state index in [1.165, 1.54) is 55.8 Å². The summed E-state index contributed by atoms with van der Waals surface area (Å²) in [4.78, 5) is 4.64. The second-order valence-corrected chi connectivity index (χ2v) is 6.54. The van der Waals surface area contributed by atoms with Gasteiger partial charge in [0.25, 0.3) is 0 Å². The van der Waals surface area contributed by atoms with E-state index >= 15 is 0 Å². The number of hydrogen-bond donors (Lipinski definition) is 1. The van der Waals surface area contributed by atoms with Gasteiger partial charge in [0.05, 0.1) is 5.01 Å². The van der Waals surface area contributed by atoms with Crippen LogP contribution in [0.2, 0.25) is 0 Å². The molecule has 1 aliphatic carbocycles. The van der Waals surface area contributed by atoms with Crippen LogP contribution in [0.4, 0.5) is 0 Å². The first-order valence-electron chi connectivity index (χ1n) is 7.41. The van der Waals surface area contributed by atoms with Crippen LogP contribution in [-0.2, 0) is 6.42 Å². The predicted molar refractivity (Wildman–Crippen MR) is 79.2 cm³/mol. The zero-order chi connectivity index (χ0) is 12.8. The van der Waals surface area contributed by atoms with Crippen LogP contribution in [0.3, 0.4) is 0 Å². The SMILES string of the molecule is CCCNCC(Cc1nc(C)cs1)C1CCCC1. The topological polar surface area (TPSA) is 24.9 Å². The molecule has 1 unspecified atom stereocenters. The van der Waals surface area contributed by atoms with Gasteiger partial charge in [-0.25, -0.2) is 4.98 Å². The van der Waals surface area contributed by atoms with Crippen LogP contribution in [0.25, 0.3) is 0 Å². The van der Waals surface area contributed by atoms with Crippen molar-refractivity contribution >= 4 is 11.3 Å². The van der Waals surface area contributed by atoms with Crippen LogP contribution in [-0.4, -0.2) is 18.1 Å². The molecule has 0 aliphatic heterocycles. The van der Waals surface area contributed by atoms with Gasteiger partial charge in [-0.1, -0.05) is 32.6 Å². The monoisotopic (exact) mass is 266 g/mol. The molecule has 102 valence electrons. The van der Waals surface area contributed by atoms with E-state index in [-0.39, 0.29) is 0 Å². The first-order chi connectivity index (χ1) is 8.79. The van der Waals surface area contributed by atoms with Gasteiger partial charge in [-0.3, -0.25) is 0 Å². The van der Waals surface area contributed by atoms with Gasteiger partial charge in [0.15, 0.2) is 0 Å². The summed E-state index contributed by atoms with van der Waals surface area (Å²) in [5, 5.41) is 7.13. The van der Waals surface area contributed by atoms with E-state index in [2.05, 4.69) is 29.5 Å². The molecule has 0 bridgehead atoms. The Morgan fingerprint density at radius 3 is 2.83 bits per heavy atom. The van der Waals surface area contributed by atoms with Crippen molar-refractivity contribution in [1.29, 1.82) is 0 Å². The number of aromatic nitrogens is 1. The van der Waals surface area contributed by atoms with Crippen molar-refractivity contribution in [3.05, 3.63) is 16.1 Å². The predicted octanol–water partition coefficient (Wildman–Crippen LogP) is 3.80. The molecule has 2 rings (SSSR count). The lowest BCUT2D eigenvalue weighted by atomic mass is 9.88. The van der Waals surface area contributed by atoms with Crippen LogP contribution in [0.15, 0.2) is 5.38 Å². The molecule has 18 heavy (non-hydrogen) atoms. The molecule has 1 fully saturated rings. The Morgan fingerprint density at radius 2 is 2.22 bits per heavy atom. The fourth-order valence-corrected chi connectivity index (χ4v) is 3.89. The Balaban J connectivity index is 1.90. The van der Waals surface area contributed by atoms with E-state index in [0.29, 0.717) is 0 Å². The Morgan fingerprint density at radius 1 is 1.44 bits per heavy atom. The summed E-state index contributed by atoms with van der Waals surface area (Å²) in [5.74, 6) is 1.73. The number of nitrogens with one attached hydrogen (secondary N) is 1. The average molecular weight is 266 g/mol. The van der Waals surface area contributed by atoms with E-state index in [1.807, 2.05) is 11.3 Å². The minimum absolute atomic E-state index is 0.796. The highest BCUT2D eigenvalue weighted by Gasteiger charge is 2.25. The van der Waals surface area contributed by atoms with Gasteiger partial charge < -0.3 is 5.32 Å². The van der Waals surface area contributed by atoms with E-state index < -0.39 is 0 Å². The van der Waals surface area contributed by atoms with E-state index in [1.54, 1.807) is 0 Å². The van der Waals surface area contributed by atoms with Gasteiger partial charge in [-0.05, 0) is 38.3 Å². The molecular formula is C15H26N2S. The van der Waals surface area contributed by atoms with Crippen molar-refractivity contribution < 1.29 is 0 Å². The van der Waals surface area contributed by atoms with E-state index in [9.17, 15) is 0 Å². The average Bonchev–Trinajstić information content (AvgIpc) is 2.99. The molecule has 1 aromatic rings. The molecule has 2 nitrogen and oxygen atoms in total. The Hall–Kier alpha value is -0.410. The van der Waals surface area contributed by atoms with Crippen LogP contribution >= 0.6 is 11.3 Å². The normalized spacial score (nSPS) is 18.3. The van der Waals surface area contributed by atoms with E-state index in [4.69, 9.17) is 0 Å². The lowest BCUT2D eigenvalue weighted by Gasteiger charge is -2.23. The Bertz CT molecular complexity index is 342. The first-order valence-corrected chi connectivity index (χ1v) is 8.29. The van der Waals surface area contributed by atoms with Crippen LogP contribution < -0.4 is 5.32 Å². The van der Waals surface area contributed by atoms with Crippen molar-refractivity contribution in [3.8, 4) is 0 Å². The first kappa shape index (κ1) is 14.0. The minimum Gasteiger partial charge on any atom is -0.316 e. The molecule has 3 heteroatoms. The fraction of sp³-hybridized carbons (Fsp3) is 0.800. The molecule has 0 aromatic carbocycles. The summed E-state index contributed by atoms with van der Waals surface area (Å²) in [5.41, 5.74) is 1.18. The van der Waals surface area contributed by atoms with Crippen LogP contribution in [0.1, 0.15) is 49.7 Å². The highest BCUT2D eigenvalue weighted by Crippen LogP contribution is 2.33. The quantitative estimate of drug-likeness (QED) is 0.759. The third-order valence-electron chi connectivity index (χ3n) is 4.00. The largest absolute Gasteiger partial charge is 0.316 e. The number of nitrogens with zero attached hydrogens (tertiary/aromatic N) is 1. The molecular weight excluding hydrogens is 240 g/mol. The third-order valence-corrected chi connectivity index (χ3v) is 4.99. The van der Waals surface area contributed by atoms with Crippen molar-refractivity contribution in [3.63, 3.8) is 0 Å². The van der Waals surface area contributed by atoms with Crippen LogP contribution in [0.5, 0.6) is 0 Å².